The molecule has 0 radical (unpaired) electrons. The molecule has 1 aliphatic heterocycles. The minimum atomic E-state index is -0.179. The van der Waals surface area contributed by atoms with E-state index < -0.39 is 0 Å². The molecule has 1 saturated heterocycles. The van der Waals surface area contributed by atoms with Gasteiger partial charge in [0.05, 0.1) is 0 Å². The van der Waals surface area contributed by atoms with Crippen LogP contribution in [0.2, 0.25) is 0 Å². The fraction of sp³-hybridized carbons (Fsp3) is 0.615. The van der Waals surface area contributed by atoms with Gasteiger partial charge in [-0.1, -0.05) is 0 Å². The average Bonchev–Trinajstić information content (AvgIpc) is 3.22. The molecule has 1 unspecified atom stereocenters. The summed E-state index contributed by atoms with van der Waals surface area (Å²) in [4.78, 5) is 14.5. The molecule has 3 nitrogen and oxygen atoms in total. The second-order valence-electron chi connectivity index (χ2n) is 5.59. The van der Waals surface area contributed by atoms with Crippen molar-refractivity contribution in [3.63, 3.8) is 0 Å². The second kappa shape index (κ2) is 3.33. The maximum absolute atomic E-state index is 12.4. The van der Waals surface area contributed by atoms with Crippen LogP contribution in [-0.4, -0.2) is 22.9 Å². The van der Waals surface area contributed by atoms with E-state index in [9.17, 15) is 4.79 Å². The van der Waals surface area contributed by atoms with Gasteiger partial charge in [-0.2, -0.15) is 11.3 Å². The molecule has 1 spiro atoms. The smallest absolute Gasteiger partial charge is 0.244 e. The number of thiophene rings is 1. The van der Waals surface area contributed by atoms with Crippen molar-refractivity contribution in [1.29, 1.82) is 0 Å². The average molecular weight is 248 g/mol. The molecule has 1 aromatic rings. The highest BCUT2D eigenvalue weighted by atomic mass is 32.1. The standard InChI is InChI=1S/C13H16N2OS/c16-12-13(4-5-13)14-11(10-3-6-17-8-10)15(12)7-9-1-2-9/h3,6,8-9,11,14H,1-2,4-5,7H2. The predicted octanol–water partition coefficient (Wildman–Crippen LogP) is 2.12. The van der Waals surface area contributed by atoms with Gasteiger partial charge in [-0.05, 0) is 54.0 Å². The maximum Gasteiger partial charge on any atom is 0.244 e. The van der Waals surface area contributed by atoms with E-state index >= 15 is 0 Å². The summed E-state index contributed by atoms with van der Waals surface area (Å²) in [5.74, 6) is 1.11. The van der Waals surface area contributed by atoms with Gasteiger partial charge in [0.15, 0.2) is 0 Å². The summed E-state index contributed by atoms with van der Waals surface area (Å²) in [5, 5.41) is 7.81. The largest absolute Gasteiger partial charge is 0.321 e. The van der Waals surface area contributed by atoms with Gasteiger partial charge in [-0.3, -0.25) is 10.1 Å². The lowest BCUT2D eigenvalue weighted by Crippen LogP contribution is -2.33. The molecular weight excluding hydrogens is 232 g/mol. The normalized spacial score (nSPS) is 30.2. The minimum absolute atomic E-state index is 0.136. The number of nitrogens with zero attached hydrogens (tertiary/aromatic N) is 1. The number of hydrogen-bond donors (Lipinski definition) is 1. The lowest BCUT2D eigenvalue weighted by molar-refractivity contribution is -0.131. The Morgan fingerprint density at radius 1 is 1.47 bits per heavy atom. The van der Waals surface area contributed by atoms with E-state index in [0.717, 1.165) is 25.3 Å². The monoisotopic (exact) mass is 248 g/mol. The molecule has 4 rings (SSSR count). The van der Waals surface area contributed by atoms with E-state index in [4.69, 9.17) is 0 Å². The molecule has 1 N–H and O–H groups in total. The van der Waals surface area contributed by atoms with E-state index in [2.05, 4.69) is 27.0 Å². The lowest BCUT2D eigenvalue weighted by Gasteiger charge is -2.23. The van der Waals surface area contributed by atoms with Crippen molar-refractivity contribution >= 4 is 17.2 Å². The Kier molecular flexibility index (Phi) is 1.97. The van der Waals surface area contributed by atoms with Gasteiger partial charge < -0.3 is 4.90 Å². The van der Waals surface area contributed by atoms with E-state index in [1.54, 1.807) is 11.3 Å². The summed E-state index contributed by atoms with van der Waals surface area (Å²) in [6, 6.07) is 2.14. The first-order chi connectivity index (χ1) is 8.28. The molecule has 17 heavy (non-hydrogen) atoms. The Bertz CT molecular complexity index is 448. The van der Waals surface area contributed by atoms with Crippen molar-refractivity contribution in [2.24, 2.45) is 5.92 Å². The molecule has 2 saturated carbocycles. The Morgan fingerprint density at radius 2 is 2.29 bits per heavy atom. The van der Waals surface area contributed by atoms with E-state index in [-0.39, 0.29) is 11.7 Å². The summed E-state index contributed by atoms with van der Waals surface area (Å²) in [7, 11) is 0. The third-order valence-corrected chi connectivity index (χ3v) is 4.86. The predicted molar refractivity (Wildman–Crippen MR) is 66.6 cm³/mol. The molecule has 0 bridgehead atoms. The van der Waals surface area contributed by atoms with E-state index in [1.165, 1.54) is 18.4 Å². The Labute approximate surface area is 105 Å². The minimum Gasteiger partial charge on any atom is -0.321 e. The SMILES string of the molecule is O=C1N(CC2CC2)C(c2ccsc2)NC12CC2. The van der Waals surface area contributed by atoms with E-state index in [0.29, 0.717) is 5.91 Å². The van der Waals surface area contributed by atoms with Crippen molar-refractivity contribution in [2.75, 3.05) is 6.54 Å². The van der Waals surface area contributed by atoms with Crippen molar-refractivity contribution in [1.82, 2.24) is 10.2 Å². The number of nitrogens with one attached hydrogen (secondary N) is 1. The highest BCUT2D eigenvalue weighted by Crippen LogP contribution is 2.47. The van der Waals surface area contributed by atoms with Crippen LogP contribution < -0.4 is 5.32 Å². The van der Waals surface area contributed by atoms with Crippen LogP contribution in [0.4, 0.5) is 0 Å². The van der Waals surface area contributed by atoms with Crippen LogP contribution in [0, 0.1) is 5.92 Å². The van der Waals surface area contributed by atoms with Gasteiger partial charge >= 0.3 is 0 Å². The topological polar surface area (TPSA) is 32.3 Å². The number of hydrogen-bond acceptors (Lipinski definition) is 3. The summed E-state index contributed by atoms with van der Waals surface area (Å²) in [6.45, 7) is 0.952. The van der Waals surface area contributed by atoms with Crippen LogP contribution in [-0.2, 0) is 4.79 Å². The van der Waals surface area contributed by atoms with Gasteiger partial charge in [0.25, 0.3) is 0 Å². The van der Waals surface area contributed by atoms with Crippen LogP contribution >= 0.6 is 11.3 Å². The first-order valence-electron chi connectivity index (χ1n) is 6.39. The van der Waals surface area contributed by atoms with Gasteiger partial charge in [0.1, 0.15) is 11.7 Å². The van der Waals surface area contributed by atoms with Gasteiger partial charge in [0, 0.05) is 6.54 Å². The quantitative estimate of drug-likeness (QED) is 0.888. The van der Waals surface area contributed by atoms with E-state index in [1.807, 2.05) is 0 Å². The molecule has 3 aliphatic rings. The molecule has 1 aromatic heterocycles. The van der Waals surface area contributed by atoms with Crippen molar-refractivity contribution in [2.45, 2.75) is 37.4 Å². The lowest BCUT2D eigenvalue weighted by atomic mass is 10.2. The molecule has 3 fully saturated rings. The second-order valence-corrected chi connectivity index (χ2v) is 6.37. The Balaban J connectivity index is 1.64. The third kappa shape index (κ3) is 1.54. The molecule has 1 atom stereocenters. The number of carbonyl (C=O) groups is 1. The fourth-order valence-electron chi connectivity index (χ4n) is 2.74. The zero-order valence-electron chi connectivity index (χ0n) is 9.69. The fourth-order valence-corrected chi connectivity index (χ4v) is 3.42. The van der Waals surface area contributed by atoms with Crippen LogP contribution in [0.1, 0.15) is 37.4 Å². The van der Waals surface area contributed by atoms with Crippen molar-refractivity contribution in [3.05, 3.63) is 22.4 Å². The molecule has 2 heterocycles. The van der Waals surface area contributed by atoms with Crippen LogP contribution in [0.15, 0.2) is 16.8 Å². The zero-order chi connectivity index (χ0) is 11.5. The van der Waals surface area contributed by atoms with Gasteiger partial charge in [0.2, 0.25) is 5.91 Å². The molecule has 90 valence electrons. The third-order valence-electron chi connectivity index (χ3n) is 4.16. The summed E-state index contributed by atoms with van der Waals surface area (Å²) < 4.78 is 0. The Hall–Kier alpha value is -0.870. The summed E-state index contributed by atoms with van der Waals surface area (Å²) in [6.07, 6.45) is 4.78. The molecule has 1 amide bonds. The van der Waals surface area contributed by atoms with Crippen molar-refractivity contribution < 1.29 is 4.79 Å². The zero-order valence-corrected chi connectivity index (χ0v) is 10.5. The first-order valence-corrected chi connectivity index (χ1v) is 7.34. The van der Waals surface area contributed by atoms with Crippen LogP contribution in [0.25, 0.3) is 0 Å². The van der Waals surface area contributed by atoms with Crippen LogP contribution in [0.3, 0.4) is 0 Å². The molecule has 4 heteroatoms. The van der Waals surface area contributed by atoms with Crippen molar-refractivity contribution in [3.8, 4) is 0 Å². The molecule has 2 aliphatic carbocycles. The number of amides is 1. The summed E-state index contributed by atoms with van der Waals surface area (Å²) in [5.41, 5.74) is 1.08. The maximum atomic E-state index is 12.4. The highest BCUT2D eigenvalue weighted by Gasteiger charge is 2.59. The molecule has 0 aromatic carbocycles. The van der Waals surface area contributed by atoms with Gasteiger partial charge in [-0.25, -0.2) is 0 Å². The van der Waals surface area contributed by atoms with Gasteiger partial charge in [-0.15, -0.1) is 0 Å². The summed E-state index contributed by atoms with van der Waals surface area (Å²) >= 11 is 1.71. The Morgan fingerprint density at radius 3 is 2.88 bits per heavy atom. The highest BCUT2D eigenvalue weighted by molar-refractivity contribution is 7.07. The first kappa shape index (κ1) is 10.1. The molecular formula is C13H16N2OS. The number of carbonyl (C=O) groups excluding carboxylic acids is 1. The number of rotatable bonds is 3. The van der Waals surface area contributed by atoms with Crippen LogP contribution in [0.5, 0.6) is 0 Å².